The molecule has 2 aromatic rings. The molecule has 0 radical (unpaired) electrons. The topological polar surface area (TPSA) is 104 Å². The molecule has 0 saturated carbocycles. The van der Waals surface area contributed by atoms with Crippen LogP contribution in [-0.4, -0.2) is 28.8 Å². The van der Waals surface area contributed by atoms with E-state index in [1.807, 2.05) is 0 Å². The summed E-state index contributed by atoms with van der Waals surface area (Å²) in [6.07, 6.45) is 2.84. The highest BCUT2D eigenvalue weighted by atomic mass is 32.2. The van der Waals surface area contributed by atoms with E-state index in [1.54, 1.807) is 19.2 Å². The highest BCUT2D eigenvalue weighted by Gasteiger charge is 2.18. The number of aryl methyl sites for hydroxylation is 1. The summed E-state index contributed by atoms with van der Waals surface area (Å²) < 4.78 is 26.1. The van der Waals surface area contributed by atoms with Gasteiger partial charge >= 0.3 is 0 Å². The third-order valence-corrected chi connectivity index (χ3v) is 3.60. The van der Waals surface area contributed by atoms with E-state index in [1.165, 1.54) is 6.20 Å². The molecule has 0 aliphatic carbocycles. The quantitative estimate of drug-likeness (QED) is 0.696. The minimum Gasteiger partial charge on any atom is -0.281 e. The van der Waals surface area contributed by atoms with E-state index in [0.717, 1.165) is 0 Å². The molecule has 0 spiro atoms. The molecule has 2 aromatic heterocycles. The molecule has 7 nitrogen and oxygen atoms in total. The number of nitrogens with one attached hydrogen (secondary N) is 3. The van der Waals surface area contributed by atoms with E-state index in [2.05, 4.69) is 25.1 Å². The Hall–Kier alpha value is -1.67. The fourth-order valence-electron chi connectivity index (χ4n) is 1.24. The molecule has 0 fully saturated rings. The molecule has 0 atom stereocenters. The van der Waals surface area contributed by atoms with Crippen molar-refractivity contribution in [3.05, 3.63) is 29.8 Å². The number of aromatic nitrogens is 4. The van der Waals surface area contributed by atoms with Gasteiger partial charge in [0.25, 0.3) is 0 Å². The zero-order valence-corrected chi connectivity index (χ0v) is 9.37. The fourth-order valence-corrected chi connectivity index (χ4v) is 2.39. The number of nitrogens with zero attached hydrogens (tertiary/aromatic N) is 2. The summed E-state index contributed by atoms with van der Waals surface area (Å²) in [6.45, 7) is 1.82. The molecule has 86 valence electrons. The molecule has 3 N–H and O–H groups in total. The third kappa shape index (κ3) is 2.12. The number of rotatable bonds is 4. The van der Waals surface area contributed by atoms with E-state index in [9.17, 15) is 8.42 Å². The van der Waals surface area contributed by atoms with Crippen LogP contribution in [-0.2, 0) is 16.6 Å². The van der Waals surface area contributed by atoms with Crippen LogP contribution in [0.4, 0.5) is 0 Å². The standard InChI is InChI=1S/C8H11N5O2S/c1-6-8(5-10-12-6)16(14,15)11-4-7-2-3-9-13-7/h2-3,5,11H,4H2,1H3,(H,9,13)(H,10,12). The number of hydrogen-bond donors (Lipinski definition) is 3. The summed E-state index contributed by atoms with van der Waals surface area (Å²) in [5.74, 6) is 0. The summed E-state index contributed by atoms with van der Waals surface area (Å²) in [7, 11) is -3.52. The Balaban J connectivity index is 2.13. The van der Waals surface area contributed by atoms with E-state index < -0.39 is 10.0 Å². The van der Waals surface area contributed by atoms with Gasteiger partial charge in [0.15, 0.2) is 0 Å². The van der Waals surface area contributed by atoms with Crippen LogP contribution in [0.15, 0.2) is 23.4 Å². The molecule has 0 saturated heterocycles. The lowest BCUT2D eigenvalue weighted by Gasteiger charge is -2.03. The second kappa shape index (κ2) is 4.06. The molecular weight excluding hydrogens is 230 g/mol. The van der Waals surface area contributed by atoms with Gasteiger partial charge in [-0.15, -0.1) is 0 Å². The molecule has 0 aromatic carbocycles. The maximum Gasteiger partial charge on any atom is 0.244 e. The Labute approximate surface area is 92.3 Å². The second-order valence-corrected chi connectivity index (χ2v) is 5.00. The summed E-state index contributed by atoms with van der Waals surface area (Å²) in [6, 6.07) is 1.70. The summed E-state index contributed by atoms with van der Waals surface area (Å²) in [4.78, 5) is 0.159. The van der Waals surface area contributed by atoms with E-state index in [4.69, 9.17) is 0 Å². The first-order valence-electron chi connectivity index (χ1n) is 4.57. The zero-order chi connectivity index (χ0) is 11.6. The predicted molar refractivity (Wildman–Crippen MR) is 55.9 cm³/mol. The van der Waals surface area contributed by atoms with Crippen molar-refractivity contribution in [3.63, 3.8) is 0 Å². The van der Waals surface area contributed by atoms with Crippen molar-refractivity contribution in [1.82, 2.24) is 25.1 Å². The first-order valence-corrected chi connectivity index (χ1v) is 6.06. The largest absolute Gasteiger partial charge is 0.281 e. The third-order valence-electron chi connectivity index (χ3n) is 2.08. The van der Waals surface area contributed by atoms with Crippen molar-refractivity contribution in [3.8, 4) is 0 Å². The smallest absolute Gasteiger partial charge is 0.244 e. The van der Waals surface area contributed by atoms with Crippen LogP contribution in [0.3, 0.4) is 0 Å². The number of H-pyrrole nitrogens is 2. The average molecular weight is 241 g/mol. The SMILES string of the molecule is Cc1[nH]ncc1S(=O)(=O)NCc1ccn[nH]1. The molecule has 2 rings (SSSR count). The highest BCUT2D eigenvalue weighted by molar-refractivity contribution is 7.89. The van der Waals surface area contributed by atoms with E-state index in [0.29, 0.717) is 11.4 Å². The van der Waals surface area contributed by atoms with Crippen molar-refractivity contribution >= 4 is 10.0 Å². The molecular formula is C8H11N5O2S. The highest BCUT2D eigenvalue weighted by Crippen LogP contribution is 2.10. The number of hydrogen-bond acceptors (Lipinski definition) is 4. The van der Waals surface area contributed by atoms with Crippen molar-refractivity contribution in [2.24, 2.45) is 0 Å². The van der Waals surface area contributed by atoms with Crippen LogP contribution in [0, 0.1) is 6.92 Å². The van der Waals surface area contributed by atoms with Crippen molar-refractivity contribution in [2.45, 2.75) is 18.4 Å². The lowest BCUT2D eigenvalue weighted by atomic mass is 10.4. The molecule has 16 heavy (non-hydrogen) atoms. The minimum atomic E-state index is -3.52. The Morgan fingerprint density at radius 2 is 2.19 bits per heavy atom. The number of aromatic amines is 2. The maximum atomic E-state index is 11.8. The summed E-state index contributed by atoms with van der Waals surface area (Å²) in [5.41, 5.74) is 1.21. The van der Waals surface area contributed by atoms with Crippen molar-refractivity contribution in [2.75, 3.05) is 0 Å². The van der Waals surface area contributed by atoms with Crippen LogP contribution >= 0.6 is 0 Å². The fraction of sp³-hybridized carbons (Fsp3) is 0.250. The average Bonchev–Trinajstić information content (AvgIpc) is 2.85. The van der Waals surface area contributed by atoms with Crippen LogP contribution < -0.4 is 4.72 Å². The van der Waals surface area contributed by atoms with Gasteiger partial charge in [0.05, 0.1) is 24.1 Å². The van der Waals surface area contributed by atoms with Gasteiger partial charge in [0, 0.05) is 6.20 Å². The Bertz CT molecular complexity index is 557. The minimum absolute atomic E-state index is 0.159. The van der Waals surface area contributed by atoms with Gasteiger partial charge in [-0.1, -0.05) is 0 Å². The van der Waals surface area contributed by atoms with E-state index in [-0.39, 0.29) is 11.4 Å². The van der Waals surface area contributed by atoms with Gasteiger partial charge in [-0.05, 0) is 13.0 Å². The van der Waals surface area contributed by atoms with Gasteiger partial charge in [-0.25, -0.2) is 13.1 Å². The molecule has 2 heterocycles. The molecule has 0 amide bonds. The molecule has 0 bridgehead atoms. The van der Waals surface area contributed by atoms with Gasteiger partial charge in [0.1, 0.15) is 4.90 Å². The normalized spacial score (nSPS) is 11.8. The van der Waals surface area contributed by atoms with Gasteiger partial charge < -0.3 is 0 Å². The number of sulfonamides is 1. The summed E-state index contributed by atoms with van der Waals surface area (Å²) >= 11 is 0. The lowest BCUT2D eigenvalue weighted by molar-refractivity contribution is 0.580. The van der Waals surface area contributed by atoms with Crippen molar-refractivity contribution < 1.29 is 8.42 Å². The van der Waals surface area contributed by atoms with E-state index >= 15 is 0 Å². The first-order chi connectivity index (χ1) is 7.59. The Morgan fingerprint density at radius 1 is 1.38 bits per heavy atom. The molecule has 0 aliphatic rings. The van der Waals surface area contributed by atoms with Crippen molar-refractivity contribution in [1.29, 1.82) is 0 Å². The monoisotopic (exact) mass is 241 g/mol. The first kappa shape index (κ1) is 10.8. The van der Waals surface area contributed by atoms with Gasteiger partial charge in [-0.2, -0.15) is 10.2 Å². The van der Waals surface area contributed by atoms with Crippen LogP contribution in [0.2, 0.25) is 0 Å². The lowest BCUT2D eigenvalue weighted by Crippen LogP contribution is -2.23. The summed E-state index contributed by atoms with van der Waals surface area (Å²) in [5, 5.41) is 12.6. The molecule has 0 aliphatic heterocycles. The Kier molecular flexibility index (Phi) is 2.75. The predicted octanol–water partition coefficient (Wildman–Crippen LogP) is -0.0803. The van der Waals surface area contributed by atoms with Crippen LogP contribution in [0.5, 0.6) is 0 Å². The van der Waals surface area contributed by atoms with Gasteiger partial charge in [0.2, 0.25) is 10.0 Å². The van der Waals surface area contributed by atoms with Crippen LogP contribution in [0.25, 0.3) is 0 Å². The van der Waals surface area contributed by atoms with Gasteiger partial charge in [-0.3, -0.25) is 10.2 Å². The van der Waals surface area contributed by atoms with Crippen LogP contribution in [0.1, 0.15) is 11.4 Å². The second-order valence-electron chi connectivity index (χ2n) is 3.27. The molecule has 8 heteroatoms. The zero-order valence-electron chi connectivity index (χ0n) is 8.56. The molecule has 0 unspecified atom stereocenters. The Morgan fingerprint density at radius 3 is 2.75 bits per heavy atom. The maximum absolute atomic E-state index is 11.8.